The maximum atomic E-state index is 6.66. The molecule has 52 heavy (non-hydrogen) atoms. The van der Waals surface area contributed by atoms with E-state index in [4.69, 9.17) is 14.8 Å². The summed E-state index contributed by atoms with van der Waals surface area (Å²) in [6, 6.07) is 37.3. The molecule has 0 spiro atoms. The van der Waals surface area contributed by atoms with Crippen molar-refractivity contribution in [1.29, 1.82) is 0 Å². The van der Waals surface area contributed by atoms with Crippen LogP contribution in [-0.4, -0.2) is 19.3 Å². The van der Waals surface area contributed by atoms with E-state index in [1.165, 1.54) is 35.8 Å². The number of benzene rings is 4. The SMILES string of the molecule is CCCCc1cc(Oc2[c-]c3c(cc2)c2cc(CCCCC(C)C)ccc2n3-c2cc(C)ccn2)[c-]c(-n2nc(C)c(-c3ccccc3)c2C)c1.[Pt+2]. The van der Waals surface area contributed by atoms with Crippen LogP contribution >= 0.6 is 0 Å². The van der Waals surface area contributed by atoms with Crippen LogP contribution in [0.25, 0.3) is 44.4 Å². The summed E-state index contributed by atoms with van der Waals surface area (Å²) >= 11 is 0. The molecule has 0 fully saturated rings. The summed E-state index contributed by atoms with van der Waals surface area (Å²) in [5, 5.41) is 7.35. The van der Waals surface area contributed by atoms with Gasteiger partial charge in [-0.25, -0.2) is 4.98 Å². The number of rotatable bonds is 13. The molecular formula is C46H48N4OPt. The molecule has 0 N–H and O–H groups in total. The third kappa shape index (κ3) is 7.95. The van der Waals surface area contributed by atoms with E-state index in [2.05, 4.69) is 125 Å². The molecule has 0 aliphatic rings. The zero-order valence-corrected chi connectivity index (χ0v) is 33.5. The van der Waals surface area contributed by atoms with Gasteiger partial charge in [-0.1, -0.05) is 101 Å². The number of hydrogen-bond acceptors (Lipinski definition) is 3. The van der Waals surface area contributed by atoms with Gasteiger partial charge < -0.3 is 9.30 Å². The summed E-state index contributed by atoms with van der Waals surface area (Å²) in [4.78, 5) is 4.81. The van der Waals surface area contributed by atoms with Crippen LogP contribution in [0.5, 0.6) is 11.5 Å². The van der Waals surface area contributed by atoms with E-state index in [9.17, 15) is 0 Å². The monoisotopic (exact) mass is 867 g/mol. The Kier molecular flexibility index (Phi) is 11.8. The van der Waals surface area contributed by atoms with Gasteiger partial charge in [0.25, 0.3) is 0 Å². The number of aryl methyl sites for hydroxylation is 4. The second-order valence-electron chi connectivity index (χ2n) is 14.4. The zero-order valence-electron chi connectivity index (χ0n) is 31.2. The maximum Gasteiger partial charge on any atom is 2.00 e. The molecular weight excluding hydrogens is 820 g/mol. The Balaban J connectivity index is 0.00000464. The van der Waals surface area contributed by atoms with E-state index >= 15 is 0 Å². The Labute approximate surface area is 323 Å². The van der Waals surface area contributed by atoms with Crippen molar-refractivity contribution in [1.82, 2.24) is 19.3 Å². The number of nitrogens with zero attached hydrogens (tertiary/aromatic N) is 4. The van der Waals surface area contributed by atoms with E-state index in [1.54, 1.807) is 0 Å². The van der Waals surface area contributed by atoms with Crippen molar-refractivity contribution >= 4 is 21.8 Å². The minimum Gasteiger partial charge on any atom is -0.509 e. The van der Waals surface area contributed by atoms with Gasteiger partial charge in [-0.05, 0) is 85.5 Å². The van der Waals surface area contributed by atoms with Gasteiger partial charge in [0.15, 0.2) is 0 Å². The molecule has 268 valence electrons. The summed E-state index contributed by atoms with van der Waals surface area (Å²) in [6.07, 6.45) is 9.85. The first-order valence-electron chi connectivity index (χ1n) is 18.6. The minimum absolute atomic E-state index is 0. The Morgan fingerprint density at radius 1 is 0.769 bits per heavy atom. The molecule has 0 amide bonds. The normalized spacial score (nSPS) is 11.4. The Morgan fingerprint density at radius 2 is 1.58 bits per heavy atom. The van der Waals surface area contributed by atoms with Crippen LogP contribution in [0, 0.1) is 38.8 Å². The molecule has 0 aliphatic carbocycles. The first kappa shape index (κ1) is 37.3. The number of ether oxygens (including phenoxy) is 1. The van der Waals surface area contributed by atoms with Crippen molar-refractivity contribution in [2.45, 2.75) is 86.5 Å². The van der Waals surface area contributed by atoms with E-state index in [0.29, 0.717) is 11.5 Å². The summed E-state index contributed by atoms with van der Waals surface area (Å²) in [5.74, 6) is 2.92. The molecule has 0 aliphatic heterocycles. The summed E-state index contributed by atoms with van der Waals surface area (Å²) < 4.78 is 10.9. The van der Waals surface area contributed by atoms with Gasteiger partial charge in [0, 0.05) is 34.5 Å². The number of fused-ring (bicyclic) bond motifs is 3. The van der Waals surface area contributed by atoms with Gasteiger partial charge >= 0.3 is 21.1 Å². The van der Waals surface area contributed by atoms with Gasteiger partial charge in [0.1, 0.15) is 5.82 Å². The van der Waals surface area contributed by atoms with Crippen molar-refractivity contribution < 1.29 is 25.8 Å². The Morgan fingerprint density at radius 3 is 2.35 bits per heavy atom. The Bertz CT molecular complexity index is 2300. The van der Waals surface area contributed by atoms with Crippen LogP contribution in [-0.2, 0) is 33.9 Å². The molecule has 0 radical (unpaired) electrons. The van der Waals surface area contributed by atoms with E-state index in [1.807, 2.05) is 29.1 Å². The number of hydrogen-bond donors (Lipinski definition) is 0. The molecule has 3 heterocycles. The van der Waals surface area contributed by atoms with Crippen LogP contribution in [0.3, 0.4) is 0 Å². The average molecular weight is 868 g/mol. The largest absolute Gasteiger partial charge is 2.00 e. The van der Waals surface area contributed by atoms with E-state index in [-0.39, 0.29) is 21.1 Å². The second kappa shape index (κ2) is 16.5. The van der Waals surface area contributed by atoms with Gasteiger partial charge in [-0.2, -0.15) is 16.7 Å². The molecule has 4 aromatic carbocycles. The van der Waals surface area contributed by atoms with Crippen LogP contribution in [0.15, 0.2) is 91.1 Å². The van der Waals surface area contributed by atoms with Crippen molar-refractivity contribution in [3.8, 4) is 34.1 Å². The molecule has 0 saturated heterocycles. The predicted octanol–water partition coefficient (Wildman–Crippen LogP) is 12.1. The fraction of sp³-hybridized carbons (Fsp3) is 0.304. The van der Waals surface area contributed by atoms with Gasteiger partial charge in [0.2, 0.25) is 0 Å². The third-order valence-electron chi connectivity index (χ3n) is 9.85. The van der Waals surface area contributed by atoms with Crippen LogP contribution in [0.1, 0.15) is 81.0 Å². The maximum absolute atomic E-state index is 6.66. The Hall–Kier alpha value is -4.47. The van der Waals surface area contributed by atoms with Crippen molar-refractivity contribution in [2.75, 3.05) is 0 Å². The number of pyridine rings is 1. The second-order valence-corrected chi connectivity index (χ2v) is 14.4. The van der Waals surface area contributed by atoms with Crippen LogP contribution in [0.2, 0.25) is 0 Å². The first-order valence-corrected chi connectivity index (χ1v) is 18.6. The zero-order chi connectivity index (χ0) is 35.5. The van der Waals surface area contributed by atoms with Gasteiger partial charge in [0.05, 0.1) is 5.69 Å². The van der Waals surface area contributed by atoms with E-state index in [0.717, 1.165) is 87.6 Å². The topological polar surface area (TPSA) is 44.9 Å². The quantitative estimate of drug-likeness (QED) is 0.0857. The molecule has 0 saturated carbocycles. The van der Waals surface area contributed by atoms with E-state index < -0.39 is 0 Å². The third-order valence-corrected chi connectivity index (χ3v) is 9.85. The van der Waals surface area contributed by atoms with Crippen molar-refractivity contribution in [3.05, 3.63) is 131 Å². The van der Waals surface area contributed by atoms with Crippen LogP contribution < -0.4 is 4.74 Å². The molecule has 3 aromatic heterocycles. The molecule has 5 nitrogen and oxygen atoms in total. The summed E-state index contributed by atoms with van der Waals surface area (Å²) in [6.45, 7) is 13.1. The predicted molar refractivity (Wildman–Crippen MR) is 211 cm³/mol. The van der Waals surface area contributed by atoms with Gasteiger partial charge in [-0.15, -0.1) is 35.7 Å². The summed E-state index contributed by atoms with van der Waals surface area (Å²) in [7, 11) is 0. The van der Waals surface area contributed by atoms with Crippen molar-refractivity contribution in [3.63, 3.8) is 0 Å². The molecule has 7 aromatic rings. The molecule has 0 atom stereocenters. The summed E-state index contributed by atoms with van der Waals surface area (Å²) in [5.41, 5.74) is 11.1. The standard InChI is InChI=1S/C46H48N4O.Pt/c1-7-8-15-36-26-38(50-34(6)46(33(5)48-50)37-17-10-9-11-18-37)29-40(27-36)51-39-20-21-41-42-28-35(16-13-12-14-31(2)3)19-22-43(42)49(44(41)30-39)45-25-32(4)23-24-47-45;/h9-11,17-28,31H,7-8,12-16H2,1-6H3;/q-2;+2. The fourth-order valence-corrected chi connectivity index (χ4v) is 7.25. The average Bonchev–Trinajstić information content (AvgIpc) is 3.61. The smallest absolute Gasteiger partial charge is 0.509 e. The van der Waals surface area contributed by atoms with Crippen molar-refractivity contribution in [2.24, 2.45) is 5.92 Å². The minimum atomic E-state index is 0. The number of aromatic nitrogens is 4. The van der Waals surface area contributed by atoms with Crippen LogP contribution in [0.4, 0.5) is 0 Å². The van der Waals surface area contributed by atoms with Gasteiger partial charge in [-0.3, -0.25) is 4.68 Å². The molecule has 6 heteroatoms. The fourth-order valence-electron chi connectivity index (χ4n) is 7.25. The molecule has 0 unspecified atom stereocenters. The molecule has 0 bridgehead atoms. The first-order chi connectivity index (χ1) is 24.8. The number of unbranched alkanes of at least 4 members (excludes halogenated alkanes) is 2. The molecule has 7 rings (SSSR count).